The van der Waals surface area contributed by atoms with Gasteiger partial charge in [0.05, 0.1) is 11.9 Å². The van der Waals surface area contributed by atoms with Crippen LogP contribution in [-0.4, -0.2) is 47.1 Å². The van der Waals surface area contributed by atoms with Gasteiger partial charge in [0.2, 0.25) is 0 Å². The summed E-state index contributed by atoms with van der Waals surface area (Å²) in [5.74, 6) is 0.958. The van der Waals surface area contributed by atoms with Gasteiger partial charge in [-0.25, -0.2) is 9.37 Å². The van der Waals surface area contributed by atoms with Crippen LogP contribution in [0.2, 0.25) is 0 Å². The number of carbonyl (C=O) groups excluding carboxylic acids is 1. The molecular weight excluding hydrogens is 361 g/mol. The van der Waals surface area contributed by atoms with Gasteiger partial charge in [-0.15, -0.1) is 0 Å². The summed E-state index contributed by atoms with van der Waals surface area (Å²) in [6, 6.07) is 11.7. The highest BCUT2D eigenvalue weighted by atomic mass is 19.1. The minimum atomic E-state index is -0.250. The third-order valence-corrected chi connectivity index (χ3v) is 4.64. The number of piperazine rings is 1. The van der Waals surface area contributed by atoms with Gasteiger partial charge in [0.1, 0.15) is 17.3 Å². The van der Waals surface area contributed by atoms with E-state index in [2.05, 4.69) is 20.4 Å². The Bertz CT molecular complexity index is 947. The van der Waals surface area contributed by atoms with Crippen molar-refractivity contribution in [2.24, 2.45) is 0 Å². The molecule has 1 saturated heterocycles. The topological polar surface area (TPSA) is 74.5 Å². The second-order valence-electron chi connectivity index (χ2n) is 6.64. The summed E-state index contributed by atoms with van der Waals surface area (Å²) in [4.78, 5) is 20.9. The first kappa shape index (κ1) is 18.0. The fourth-order valence-electron chi connectivity index (χ4n) is 3.15. The van der Waals surface area contributed by atoms with E-state index in [1.165, 1.54) is 12.1 Å². The van der Waals surface area contributed by atoms with Crippen LogP contribution >= 0.6 is 0 Å². The molecule has 0 saturated carbocycles. The van der Waals surface area contributed by atoms with Gasteiger partial charge in [-0.2, -0.15) is 0 Å². The highest BCUT2D eigenvalue weighted by Gasteiger charge is 2.23. The zero-order valence-corrected chi connectivity index (χ0v) is 15.4. The fourth-order valence-corrected chi connectivity index (χ4v) is 3.15. The molecule has 0 bridgehead atoms. The third-order valence-electron chi connectivity index (χ3n) is 4.64. The van der Waals surface area contributed by atoms with E-state index in [4.69, 9.17) is 4.52 Å². The molecule has 1 aliphatic heterocycles. The molecule has 1 fully saturated rings. The molecule has 0 unspecified atom stereocenters. The number of nitrogens with zero attached hydrogens (tertiary/aromatic N) is 4. The Morgan fingerprint density at radius 2 is 1.86 bits per heavy atom. The predicted octanol–water partition coefficient (Wildman–Crippen LogP) is 3.22. The van der Waals surface area contributed by atoms with E-state index in [-0.39, 0.29) is 11.7 Å². The Hall–Kier alpha value is -3.42. The predicted molar refractivity (Wildman–Crippen MR) is 103 cm³/mol. The molecule has 144 valence electrons. The Kier molecular flexibility index (Phi) is 4.92. The molecule has 0 spiro atoms. The number of carbonyl (C=O) groups is 1. The Morgan fingerprint density at radius 3 is 2.46 bits per heavy atom. The van der Waals surface area contributed by atoms with E-state index in [1.54, 1.807) is 41.4 Å². The van der Waals surface area contributed by atoms with Gasteiger partial charge < -0.3 is 19.6 Å². The number of pyridine rings is 1. The number of aryl methyl sites for hydroxylation is 1. The standard InChI is InChI=1S/C20H20FN5O2/c1-14-12-19(24-28-14)23-16-4-7-18(22-13-16)20(27)26-10-8-25(9-11-26)17-5-2-15(21)3-6-17/h2-7,12-13H,8-11H2,1H3,(H,23,24). The van der Waals surface area contributed by atoms with Crippen molar-refractivity contribution in [1.29, 1.82) is 0 Å². The van der Waals surface area contributed by atoms with Crippen molar-refractivity contribution >= 4 is 23.1 Å². The van der Waals surface area contributed by atoms with Crippen molar-refractivity contribution in [1.82, 2.24) is 15.0 Å². The molecule has 1 amide bonds. The van der Waals surface area contributed by atoms with Crippen molar-refractivity contribution < 1.29 is 13.7 Å². The van der Waals surface area contributed by atoms with E-state index >= 15 is 0 Å². The quantitative estimate of drug-likeness (QED) is 0.748. The zero-order chi connectivity index (χ0) is 19.5. The maximum absolute atomic E-state index is 13.1. The molecule has 2 aromatic heterocycles. The number of amides is 1. The van der Waals surface area contributed by atoms with Crippen LogP contribution in [0.5, 0.6) is 0 Å². The van der Waals surface area contributed by atoms with Crippen molar-refractivity contribution in [3.05, 3.63) is 65.9 Å². The van der Waals surface area contributed by atoms with Crippen LogP contribution in [0.4, 0.5) is 21.6 Å². The molecule has 28 heavy (non-hydrogen) atoms. The van der Waals surface area contributed by atoms with Gasteiger partial charge in [-0.05, 0) is 43.3 Å². The Labute approximate surface area is 161 Å². The van der Waals surface area contributed by atoms with E-state index in [0.29, 0.717) is 43.5 Å². The molecule has 7 nitrogen and oxygen atoms in total. The minimum absolute atomic E-state index is 0.0948. The Morgan fingerprint density at radius 1 is 1.11 bits per heavy atom. The monoisotopic (exact) mass is 381 g/mol. The van der Waals surface area contributed by atoms with Crippen molar-refractivity contribution in [3.63, 3.8) is 0 Å². The summed E-state index contributed by atoms with van der Waals surface area (Å²) in [6.07, 6.45) is 1.60. The molecule has 1 N–H and O–H groups in total. The first-order valence-electron chi connectivity index (χ1n) is 9.05. The SMILES string of the molecule is Cc1cc(Nc2ccc(C(=O)N3CCN(c4ccc(F)cc4)CC3)nc2)no1. The van der Waals surface area contributed by atoms with E-state index < -0.39 is 0 Å². The lowest BCUT2D eigenvalue weighted by molar-refractivity contribution is 0.0741. The summed E-state index contributed by atoms with van der Waals surface area (Å²) >= 11 is 0. The number of nitrogens with one attached hydrogen (secondary N) is 1. The third kappa shape index (κ3) is 3.95. The molecule has 8 heteroatoms. The van der Waals surface area contributed by atoms with Crippen LogP contribution in [-0.2, 0) is 0 Å². The minimum Gasteiger partial charge on any atom is -0.368 e. The van der Waals surface area contributed by atoms with Crippen molar-refractivity contribution in [2.75, 3.05) is 36.4 Å². The first-order chi connectivity index (χ1) is 13.6. The maximum atomic E-state index is 13.1. The van der Waals surface area contributed by atoms with Crippen LogP contribution in [0.25, 0.3) is 0 Å². The van der Waals surface area contributed by atoms with Crippen LogP contribution in [0, 0.1) is 12.7 Å². The van der Waals surface area contributed by atoms with Crippen molar-refractivity contribution in [3.8, 4) is 0 Å². The number of halogens is 1. The lowest BCUT2D eigenvalue weighted by Crippen LogP contribution is -2.49. The number of rotatable bonds is 4. The van der Waals surface area contributed by atoms with Gasteiger partial charge in [-0.3, -0.25) is 4.79 Å². The molecule has 0 radical (unpaired) electrons. The van der Waals surface area contributed by atoms with Gasteiger partial charge in [-0.1, -0.05) is 5.16 Å². The van der Waals surface area contributed by atoms with Crippen molar-refractivity contribution in [2.45, 2.75) is 6.92 Å². The van der Waals surface area contributed by atoms with Crippen LogP contribution in [0.1, 0.15) is 16.2 Å². The smallest absolute Gasteiger partial charge is 0.272 e. The molecule has 1 aromatic carbocycles. The molecule has 0 aliphatic carbocycles. The molecule has 0 atom stereocenters. The van der Waals surface area contributed by atoms with E-state index in [9.17, 15) is 9.18 Å². The van der Waals surface area contributed by atoms with Gasteiger partial charge in [0, 0.05) is 37.9 Å². The van der Waals surface area contributed by atoms with E-state index in [1.807, 2.05) is 6.92 Å². The number of hydrogen-bond acceptors (Lipinski definition) is 6. The maximum Gasteiger partial charge on any atom is 0.272 e. The molecule has 4 rings (SSSR count). The molecule has 1 aliphatic rings. The second kappa shape index (κ2) is 7.67. The van der Waals surface area contributed by atoms with Crippen LogP contribution < -0.4 is 10.2 Å². The summed E-state index contributed by atoms with van der Waals surface area (Å²) in [7, 11) is 0. The highest BCUT2D eigenvalue weighted by Crippen LogP contribution is 2.19. The van der Waals surface area contributed by atoms with E-state index in [0.717, 1.165) is 11.4 Å². The number of aromatic nitrogens is 2. The molecule has 3 heterocycles. The second-order valence-corrected chi connectivity index (χ2v) is 6.64. The normalized spacial score (nSPS) is 14.2. The van der Waals surface area contributed by atoms with Crippen LogP contribution in [0.15, 0.2) is 53.2 Å². The summed E-state index contributed by atoms with van der Waals surface area (Å²) in [5, 5.41) is 6.94. The fraction of sp³-hybridized carbons (Fsp3) is 0.250. The number of anilines is 3. The average Bonchev–Trinajstić information content (AvgIpc) is 3.13. The average molecular weight is 381 g/mol. The lowest BCUT2D eigenvalue weighted by Gasteiger charge is -2.36. The van der Waals surface area contributed by atoms with Gasteiger partial charge in [0.15, 0.2) is 5.82 Å². The first-order valence-corrected chi connectivity index (χ1v) is 9.05. The largest absolute Gasteiger partial charge is 0.368 e. The highest BCUT2D eigenvalue weighted by molar-refractivity contribution is 5.92. The lowest BCUT2D eigenvalue weighted by atomic mass is 10.2. The molecular formula is C20H20FN5O2. The summed E-state index contributed by atoms with van der Waals surface area (Å²) in [5.41, 5.74) is 2.09. The number of benzene rings is 1. The van der Waals surface area contributed by atoms with Crippen LogP contribution in [0.3, 0.4) is 0 Å². The van der Waals surface area contributed by atoms with Gasteiger partial charge >= 0.3 is 0 Å². The number of hydrogen-bond donors (Lipinski definition) is 1. The van der Waals surface area contributed by atoms with Gasteiger partial charge in [0.25, 0.3) is 5.91 Å². The molecule has 3 aromatic rings. The summed E-state index contributed by atoms with van der Waals surface area (Å²) < 4.78 is 18.1. The zero-order valence-electron chi connectivity index (χ0n) is 15.4. The Balaban J connectivity index is 1.35. The summed E-state index contributed by atoms with van der Waals surface area (Å²) in [6.45, 7) is 4.39.